The zero-order valence-electron chi connectivity index (χ0n) is 15.1. The molecule has 7 atom stereocenters. The van der Waals surface area contributed by atoms with Gasteiger partial charge < -0.3 is 15.3 Å². The molecule has 5 fully saturated rings. The molecule has 5 saturated carbocycles. The highest BCUT2D eigenvalue weighted by molar-refractivity contribution is 5.86. The van der Waals surface area contributed by atoms with Crippen molar-refractivity contribution in [3.05, 3.63) is 0 Å². The number of hydrogen-bond donors (Lipinski definition) is 3. The Morgan fingerprint density at radius 1 is 1.04 bits per heavy atom. The van der Waals surface area contributed by atoms with Crippen molar-refractivity contribution in [3.63, 3.8) is 0 Å². The summed E-state index contributed by atoms with van der Waals surface area (Å²) in [4.78, 5) is 12.6. The Bertz CT molecular complexity index is 562. The van der Waals surface area contributed by atoms with Crippen molar-refractivity contribution in [3.8, 4) is 0 Å². The van der Waals surface area contributed by atoms with Crippen LogP contribution >= 0.6 is 0 Å². The van der Waals surface area contributed by atoms with Gasteiger partial charge in [0.1, 0.15) is 5.78 Å². The molecular formula is C20H32O4. The Labute approximate surface area is 144 Å². The average Bonchev–Trinajstić information content (AvgIpc) is 2.58. The SMILES string of the molecule is CC1(CO)C(=O)CCC2(C)C3CC4CCC3(CCC12)CC4(O)CO. The minimum atomic E-state index is -0.900. The molecule has 0 saturated heterocycles. The molecule has 2 bridgehead atoms. The molecule has 0 aliphatic heterocycles. The first-order valence-corrected chi connectivity index (χ1v) is 9.71. The van der Waals surface area contributed by atoms with Gasteiger partial charge in [0.05, 0.1) is 24.2 Å². The lowest BCUT2D eigenvalue weighted by Crippen LogP contribution is -2.67. The smallest absolute Gasteiger partial charge is 0.141 e. The van der Waals surface area contributed by atoms with Gasteiger partial charge in [-0.2, -0.15) is 0 Å². The quantitative estimate of drug-likeness (QED) is 0.723. The molecule has 136 valence electrons. The Kier molecular flexibility index (Phi) is 3.57. The Hall–Kier alpha value is -0.450. The van der Waals surface area contributed by atoms with Gasteiger partial charge in [-0.3, -0.25) is 4.79 Å². The summed E-state index contributed by atoms with van der Waals surface area (Å²) >= 11 is 0. The van der Waals surface area contributed by atoms with Crippen LogP contribution in [0.3, 0.4) is 0 Å². The van der Waals surface area contributed by atoms with Crippen LogP contribution in [0.15, 0.2) is 0 Å². The number of rotatable bonds is 2. The van der Waals surface area contributed by atoms with Crippen LogP contribution in [-0.2, 0) is 4.79 Å². The molecule has 1 spiro atoms. The van der Waals surface area contributed by atoms with E-state index in [9.17, 15) is 20.1 Å². The minimum absolute atomic E-state index is 0.0458. The number of fused-ring (bicyclic) bond motifs is 3. The third-order valence-corrected chi connectivity index (χ3v) is 9.09. The van der Waals surface area contributed by atoms with Crippen LogP contribution in [0, 0.1) is 34.0 Å². The second-order valence-corrected chi connectivity index (χ2v) is 9.92. The highest BCUT2D eigenvalue weighted by atomic mass is 16.3. The van der Waals surface area contributed by atoms with Gasteiger partial charge in [0, 0.05) is 6.42 Å². The van der Waals surface area contributed by atoms with E-state index < -0.39 is 11.0 Å². The predicted octanol–water partition coefficient (Wildman–Crippen LogP) is 2.29. The molecule has 0 heterocycles. The lowest BCUT2D eigenvalue weighted by Gasteiger charge is -2.69. The van der Waals surface area contributed by atoms with Crippen molar-refractivity contribution >= 4 is 5.78 Å². The first-order chi connectivity index (χ1) is 11.2. The van der Waals surface area contributed by atoms with E-state index in [0.717, 1.165) is 44.9 Å². The molecule has 0 aromatic rings. The van der Waals surface area contributed by atoms with E-state index in [2.05, 4.69) is 6.92 Å². The fourth-order valence-corrected chi connectivity index (χ4v) is 7.74. The third-order valence-electron chi connectivity index (χ3n) is 9.09. The first kappa shape index (κ1) is 17.0. The normalized spacial score (nSPS) is 56.7. The van der Waals surface area contributed by atoms with Crippen molar-refractivity contribution in [2.75, 3.05) is 13.2 Å². The fourth-order valence-electron chi connectivity index (χ4n) is 7.74. The second kappa shape index (κ2) is 5.05. The van der Waals surface area contributed by atoms with E-state index in [1.54, 1.807) is 0 Å². The van der Waals surface area contributed by atoms with Crippen LogP contribution in [-0.4, -0.2) is 39.9 Å². The van der Waals surface area contributed by atoms with Crippen molar-refractivity contribution in [2.24, 2.45) is 34.0 Å². The molecule has 3 N–H and O–H groups in total. The number of hydrogen-bond acceptors (Lipinski definition) is 4. The summed E-state index contributed by atoms with van der Waals surface area (Å²) in [5.41, 5.74) is -1.31. The highest BCUT2D eigenvalue weighted by Gasteiger charge is 2.68. The lowest BCUT2D eigenvalue weighted by molar-refractivity contribution is -0.243. The van der Waals surface area contributed by atoms with Gasteiger partial charge in [-0.1, -0.05) is 13.8 Å². The molecule has 4 nitrogen and oxygen atoms in total. The van der Waals surface area contributed by atoms with Crippen LogP contribution < -0.4 is 0 Å². The van der Waals surface area contributed by atoms with Gasteiger partial charge >= 0.3 is 0 Å². The number of Topliss-reactive ketones (excluding diaryl/α,β-unsaturated/α-hetero) is 1. The summed E-state index contributed by atoms with van der Waals surface area (Å²) in [7, 11) is 0. The molecule has 0 aromatic heterocycles. The summed E-state index contributed by atoms with van der Waals surface area (Å²) in [6.45, 7) is 4.15. The molecule has 0 radical (unpaired) electrons. The van der Waals surface area contributed by atoms with Gasteiger partial charge in [-0.25, -0.2) is 0 Å². The molecule has 7 unspecified atom stereocenters. The predicted molar refractivity (Wildman–Crippen MR) is 90.2 cm³/mol. The van der Waals surface area contributed by atoms with Gasteiger partial charge in [-0.05, 0) is 73.5 Å². The zero-order valence-corrected chi connectivity index (χ0v) is 15.1. The van der Waals surface area contributed by atoms with E-state index in [-0.39, 0.29) is 41.7 Å². The Balaban J connectivity index is 1.73. The fraction of sp³-hybridized carbons (Fsp3) is 0.950. The topological polar surface area (TPSA) is 77.8 Å². The summed E-state index contributed by atoms with van der Waals surface area (Å²) < 4.78 is 0. The summed E-state index contributed by atoms with van der Waals surface area (Å²) in [6.07, 6.45) is 7.34. The molecule has 4 heteroatoms. The molecule has 0 amide bonds. The molecule has 5 aliphatic carbocycles. The van der Waals surface area contributed by atoms with Crippen molar-refractivity contribution in [1.29, 1.82) is 0 Å². The monoisotopic (exact) mass is 336 g/mol. The Morgan fingerprint density at radius 2 is 1.75 bits per heavy atom. The zero-order chi connectivity index (χ0) is 17.4. The summed E-state index contributed by atoms with van der Waals surface area (Å²) in [5, 5.41) is 30.7. The van der Waals surface area contributed by atoms with E-state index in [0.29, 0.717) is 12.3 Å². The van der Waals surface area contributed by atoms with Crippen LogP contribution in [0.2, 0.25) is 0 Å². The highest BCUT2D eigenvalue weighted by Crippen LogP contribution is 2.72. The number of aliphatic hydroxyl groups excluding tert-OH is 2. The van der Waals surface area contributed by atoms with Gasteiger partial charge in [0.25, 0.3) is 0 Å². The molecule has 24 heavy (non-hydrogen) atoms. The Morgan fingerprint density at radius 3 is 2.42 bits per heavy atom. The maximum Gasteiger partial charge on any atom is 0.141 e. The van der Waals surface area contributed by atoms with Crippen molar-refractivity contribution in [1.82, 2.24) is 0 Å². The summed E-state index contributed by atoms with van der Waals surface area (Å²) in [5.74, 6) is 1.17. The number of aliphatic hydroxyl groups is 3. The number of carbonyl (C=O) groups is 1. The second-order valence-electron chi connectivity index (χ2n) is 9.92. The maximum atomic E-state index is 12.6. The van der Waals surface area contributed by atoms with E-state index in [4.69, 9.17) is 0 Å². The molecular weight excluding hydrogens is 304 g/mol. The van der Waals surface area contributed by atoms with Crippen molar-refractivity contribution in [2.45, 2.75) is 70.8 Å². The lowest BCUT2D eigenvalue weighted by atomic mass is 9.35. The van der Waals surface area contributed by atoms with Gasteiger partial charge in [-0.15, -0.1) is 0 Å². The van der Waals surface area contributed by atoms with Crippen LogP contribution in [0.1, 0.15) is 65.2 Å². The van der Waals surface area contributed by atoms with Gasteiger partial charge in [0.15, 0.2) is 0 Å². The number of ketones is 1. The third kappa shape index (κ3) is 1.88. The minimum Gasteiger partial charge on any atom is -0.395 e. The molecule has 0 aromatic carbocycles. The summed E-state index contributed by atoms with van der Waals surface area (Å²) in [6, 6.07) is 0. The molecule has 5 rings (SSSR count). The maximum absolute atomic E-state index is 12.6. The average molecular weight is 336 g/mol. The number of carbonyl (C=O) groups excluding carboxylic acids is 1. The van der Waals surface area contributed by atoms with Crippen molar-refractivity contribution < 1.29 is 20.1 Å². The van der Waals surface area contributed by atoms with Gasteiger partial charge in [0.2, 0.25) is 0 Å². The first-order valence-electron chi connectivity index (χ1n) is 9.71. The van der Waals surface area contributed by atoms with E-state index >= 15 is 0 Å². The van der Waals surface area contributed by atoms with E-state index in [1.807, 2.05) is 6.92 Å². The standard InChI is InChI=1S/C20H32O4/c1-17-6-5-16(23)18(2,11-21)14(17)4-8-19-7-3-13(9-15(17)19)20(24,10-19)12-22/h13-15,21-22,24H,3-12H2,1-2H3. The largest absolute Gasteiger partial charge is 0.395 e. The molecule has 5 aliphatic rings. The van der Waals surface area contributed by atoms with Crippen LogP contribution in [0.4, 0.5) is 0 Å². The van der Waals surface area contributed by atoms with Crippen LogP contribution in [0.5, 0.6) is 0 Å². The van der Waals surface area contributed by atoms with E-state index in [1.165, 1.54) is 0 Å². The van der Waals surface area contributed by atoms with Crippen LogP contribution in [0.25, 0.3) is 0 Å².